The van der Waals surface area contributed by atoms with Crippen LogP contribution in [0.2, 0.25) is 0 Å². The number of nitrogens with two attached hydrogens (primary N) is 1. The summed E-state index contributed by atoms with van der Waals surface area (Å²) in [7, 11) is 5.62. The largest absolute Gasteiger partial charge is 0.369 e. The molecule has 4 nitrogen and oxygen atoms in total. The fraction of sp³-hybridized carbons (Fsp3) is 0. The molecule has 1 aromatic carbocycles. The van der Waals surface area contributed by atoms with Crippen molar-refractivity contribution >= 4 is 19.3 Å². The molecule has 0 saturated heterocycles. The van der Waals surface area contributed by atoms with Crippen LogP contribution in [-0.4, -0.2) is 17.8 Å². The Labute approximate surface area is 87.6 Å². The van der Waals surface area contributed by atoms with Crippen LogP contribution in [0.5, 0.6) is 0 Å². The van der Waals surface area contributed by atoms with Crippen LogP contribution in [0.25, 0.3) is 11.3 Å². The zero-order chi connectivity index (χ0) is 10.8. The zero-order valence-corrected chi connectivity index (χ0v) is 7.90. The molecule has 0 aliphatic rings. The third-order valence-electron chi connectivity index (χ3n) is 2.02. The first kappa shape index (κ1) is 9.52. The second kappa shape index (κ2) is 3.61. The van der Waals surface area contributed by atoms with E-state index in [0.29, 0.717) is 5.69 Å². The van der Waals surface area contributed by atoms with Crippen molar-refractivity contribution in [2.75, 3.05) is 5.73 Å². The molecule has 2 aromatic rings. The number of aromatic nitrogens is 2. The molecule has 2 radical (unpaired) electrons. The minimum absolute atomic E-state index is 0.0630. The van der Waals surface area contributed by atoms with Crippen molar-refractivity contribution < 1.29 is 0 Å². The van der Waals surface area contributed by atoms with Gasteiger partial charge in [-0.1, -0.05) is 30.3 Å². The Kier molecular flexibility index (Phi) is 2.29. The number of nitrogen functional groups attached to an aromatic ring is 1. The Morgan fingerprint density at radius 2 is 1.93 bits per heavy atom. The van der Waals surface area contributed by atoms with Crippen LogP contribution in [0, 0.1) is 0 Å². The maximum Gasteiger partial charge on any atom is 0.245 e. The molecule has 0 fully saturated rings. The fourth-order valence-corrected chi connectivity index (χ4v) is 1.32. The monoisotopic (exact) mass is 197 g/mol. The first-order chi connectivity index (χ1) is 7.18. The second-order valence-corrected chi connectivity index (χ2v) is 3.08. The molecule has 0 unspecified atom stereocenters. The van der Waals surface area contributed by atoms with E-state index >= 15 is 0 Å². The minimum atomic E-state index is -0.415. The van der Waals surface area contributed by atoms with Gasteiger partial charge in [0.2, 0.25) is 11.5 Å². The van der Waals surface area contributed by atoms with Crippen molar-refractivity contribution in [2.24, 2.45) is 0 Å². The summed E-state index contributed by atoms with van der Waals surface area (Å²) in [6.45, 7) is 0. The van der Waals surface area contributed by atoms with Gasteiger partial charge in [0, 0.05) is 0 Å². The minimum Gasteiger partial charge on any atom is -0.369 e. The van der Waals surface area contributed by atoms with E-state index in [4.69, 9.17) is 13.6 Å². The molecule has 3 N–H and O–H groups in total. The van der Waals surface area contributed by atoms with E-state index in [1.54, 1.807) is 0 Å². The summed E-state index contributed by atoms with van der Waals surface area (Å²) in [6.07, 6.45) is 0. The van der Waals surface area contributed by atoms with Gasteiger partial charge in [-0.2, -0.15) is 0 Å². The smallest absolute Gasteiger partial charge is 0.245 e. The predicted octanol–water partition coefficient (Wildman–Crippen LogP) is -0.187. The Morgan fingerprint density at radius 3 is 2.60 bits per heavy atom. The zero-order valence-electron chi connectivity index (χ0n) is 7.90. The fourth-order valence-electron chi connectivity index (χ4n) is 1.32. The number of rotatable bonds is 1. The lowest BCUT2D eigenvalue weighted by Crippen LogP contribution is -2.31. The van der Waals surface area contributed by atoms with Crippen molar-refractivity contribution in [2.45, 2.75) is 0 Å². The molecule has 0 spiro atoms. The molecular weight excluding hydrogens is 189 g/mol. The van der Waals surface area contributed by atoms with E-state index in [-0.39, 0.29) is 11.4 Å². The summed E-state index contributed by atoms with van der Waals surface area (Å²) in [5, 5.41) is 0. The van der Waals surface area contributed by atoms with E-state index in [0.717, 1.165) is 5.56 Å². The standard InChI is InChI=1S/C10H8BN3O/c11-7-8(6-4-2-1-3-5-6)13-10(12)14-9(7)15/h1-5H,(H3,12,13,14,15). The van der Waals surface area contributed by atoms with Gasteiger partial charge >= 0.3 is 0 Å². The van der Waals surface area contributed by atoms with Crippen molar-refractivity contribution in [1.82, 2.24) is 9.97 Å². The van der Waals surface area contributed by atoms with Gasteiger partial charge < -0.3 is 5.73 Å². The van der Waals surface area contributed by atoms with E-state index in [1.807, 2.05) is 30.3 Å². The number of aromatic amines is 1. The molecule has 1 heterocycles. The van der Waals surface area contributed by atoms with Gasteiger partial charge in [-0.3, -0.25) is 9.78 Å². The molecule has 72 valence electrons. The van der Waals surface area contributed by atoms with Gasteiger partial charge in [-0.05, 0) is 11.0 Å². The van der Waals surface area contributed by atoms with Crippen LogP contribution in [0.15, 0.2) is 35.1 Å². The average molecular weight is 197 g/mol. The van der Waals surface area contributed by atoms with Gasteiger partial charge in [0.05, 0.1) is 5.69 Å². The van der Waals surface area contributed by atoms with Crippen molar-refractivity contribution in [1.29, 1.82) is 0 Å². The third kappa shape index (κ3) is 1.76. The van der Waals surface area contributed by atoms with E-state index in [9.17, 15) is 4.79 Å². The molecule has 2 rings (SSSR count). The van der Waals surface area contributed by atoms with Gasteiger partial charge in [-0.25, -0.2) is 4.98 Å². The van der Waals surface area contributed by atoms with Crippen LogP contribution in [0.4, 0.5) is 5.95 Å². The maximum atomic E-state index is 11.3. The lowest BCUT2D eigenvalue weighted by Gasteiger charge is -2.04. The molecule has 0 saturated carbocycles. The van der Waals surface area contributed by atoms with Crippen LogP contribution in [0.1, 0.15) is 0 Å². The lowest BCUT2D eigenvalue weighted by molar-refractivity contribution is 1.16. The maximum absolute atomic E-state index is 11.3. The second-order valence-electron chi connectivity index (χ2n) is 3.08. The Morgan fingerprint density at radius 1 is 1.27 bits per heavy atom. The van der Waals surface area contributed by atoms with E-state index in [1.165, 1.54) is 0 Å². The Bertz CT molecular complexity index is 536. The van der Waals surface area contributed by atoms with E-state index < -0.39 is 5.56 Å². The third-order valence-corrected chi connectivity index (χ3v) is 2.02. The number of H-pyrrole nitrogens is 1. The molecule has 0 amide bonds. The number of nitrogens with one attached hydrogen (secondary N) is 1. The highest BCUT2D eigenvalue weighted by Crippen LogP contribution is 2.12. The van der Waals surface area contributed by atoms with Crippen LogP contribution < -0.4 is 16.8 Å². The highest BCUT2D eigenvalue weighted by Gasteiger charge is 2.06. The SMILES string of the molecule is [B]c1c(-c2ccccc2)nc(N)[nH]c1=O. The summed E-state index contributed by atoms with van der Waals surface area (Å²) < 4.78 is 0. The number of anilines is 1. The Balaban J connectivity index is 2.68. The lowest BCUT2D eigenvalue weighted by atomic mass is 9.92. The van der Waals surface area contributed by atoms with Gasteiger partial charge in [-0.15, -0.1) is 0 Å². The summed E-state index contributed by atoms with van der Waals surface area (Å²) in [6, 6.07) is 9.19. The summed E-state index contributed by atoms with van der Waals surface area (Å²) in [5.41, 5.74) is 6.29. The van der Waals surface area contributed by atoms with Crippen molar-refractivity contribution in [3.63, 3.8) is 0 Å². The molecule has 15 heavy (non-hydrogen) atoms. The van der Waals surface area contributed by atoms with Crippen LogP contribution in [0.3, 0.4) is 0 Å². The normalized spacial score (nSPS) is 10.1. The number of hydrogen-bond donors (Lipinski definition) is 2. The Hall–Kier alpha value is -2.04. The molecule has 0 aliphatic carbocycles. The molecule has 0 aliphatic heterocycles. The average Bonchev–Trinajstić information content (AvgIpc) is 2.24. The predicted molar refractivity (Wildman–Crippen MR) is 60.1 cm³/mol. The topological polar surface area (TPSA) is 71.8 Å². The van der Waals surface area contributed by atoms with Gasteiger partial charge in [0.25, 0.3) is 0 Å². The first-order valence-electron chi connectivity index (χ1n) is 4.39. The highest BCUT2D eigenvalue weighted by atomic mass is 16.1. The molecule has 0 bridgehead atoms. The van der Waals surface area contributed by atoms with Gasteiger partial charge in [0.1, 0.15) is 7.85 Å². The number of benzene rings is 1. The molecule has 0 atom stereocenters. The van der Waals surface area contributed by atoms with Crippen LogP contribution in [-0.2, 0) is 0 Å². The number of nitrogens with zero attached hydrogens (tertiary/aromatic N) is 1. The quantitative estimate of drug-likeness (QED) is 0.622. The summed E-state index contributed by atoms with van der Waals surface area (Å²) in [4.78, 5) is 17.7. The van der Waals surface area contributed by atoms with Gasteiger partial charge in [0.15, 0.2) is 0 Å². The summed E-state index contributed by atoms with van der Waals surface area (Å²) >= 11 is 0. The highest BCUT2D eigenvalue weighted by molar-refractivity contribution is 6.35. The molecule has 1 aromatic heterocycles. The number of hydrogen-bond acceptors (Lipinski definition) is 3. The van der Waals surface area contributed by atoms with Crippen molar-refractivity contribution in [3.8, 4) is 11.3 Å². The summed E-state index contributed by atoms with van der Waals surface area (Å²) in [5.74, 6) is 0.0630. The molecular formula is C10H8BN3O. The molecule has 5 heteroatoms. The van der Waals surface area contributed by atoms with Crippen LogP contribution >= 0.6 is 0 Å². The van der Waals surface area contributed by atoms with E-state index in [2.05, 4.69) is 9.97 Å². The van der Waals surface area contributed by atoms with Crippen molar-refractivity contribution in [3.05, 3.63) is 40.7 Å². The first-order valence-corrected chi connectivity index (χ1v) is 4.39.